The molecule has 0 saturated heterocycles. The first-order chi connectivity index (χ1) is 14.5. The largest absolute Gasteiger partial charge is 0.497 e. The number of methoxy groups -OCH3 is 1. The van der Waals surface area contributed by atoms with Crippen molar-refractivity contribution in [1.29, 1.82) is 0 Å². The van der Waals surface area contributed by atoms with Crippen LogP contribution < -0.4 is 4.74 Å². The Morgan fingerprint density at radius 2 is 2.17 bits per heavy atom. The Hall–Kier alpha value is -2.36. The molecular weight excluding hydrogens is 372 g/mol. The van der Waals surface area contributed by atoms with Crippen molar-refractivity contribution in [2.24, 2.45) is 17.3 Å². The first kappa shape index (κ1) is 19.6. The van der Waals surface area contributed by atoms with Crippen molar-refractivity contribution in [3.05, 3.63) is 52.9 Å². The summed E-state index contributed by atoms with van der Waals surface area (Å²) in [6, 6.07) is 8.65. The van der Waals surface area contributed by atoms with Gasteiger partial charge in [0.1, 0.15) is 5.75 Å². The molecule has 0 aliphatic heterocycles. The molecule has 30 heavy (non-hydrogen) atoms. The lowest BCUT2D eigenvalue weighted by molar-refractivity contribution is -0.127. The minimum Gasteiger partial charge on any atom is -0.497 e. The van der Waals surface area contributed by atoms with Gasteiger partial charge in [0.25, 0.3) is 0 Å². The Labute approximate surface area is 179 Å². The van der Waals surface area contributed by atoms with Crippen molar-refractivity contribution in [3.63, 3.8) is 0 Å². The van der Waals surface area contributed by atoms with Crippen LogP contribution >= 0.6 is 0 Å². The molecule has 158 valence electrons. The van der Waals surface area contributed by atoms with Gasteiger partial charge in [-0.05, 0) is 97.3 Å². The second kappa shape index (κ2) is 7.40. The van der Waals surface area contributed by atoms with Crippen molar-refractivity contribution < 1.29 is 9.53 Å². The highest BCUT2D eigenvalue weighted by Gasteiger charge is 2.56. The monoisotopic (exact) mass is 404 g/mol. The van der Waals surface area contributed by atoms with Gasteiger partial charge in [0.05, 0.1) is 12.8 Å². The lowest BCUT2D eigenvalue weighted by Gasteiger charge is -2.48. The third-order valence-corrected chi connectivity index (χ3v) is 8.08. The maximum Gasteiger partial charge on any atom is 0.165 e. The number of fused-ring (bicyclic) bond motifs is 5. The predicted molar refractivity (Wildman–Crippen MR) is 118 cm³/mol. The van der Waals surface area contributed by atoms with E-state index in [0.29, 0.717) is 23.5 Å². The Kier molecular flexibility index (Phi) is 4.83. The van der Waals surface area contributed by atoms with Gasteiger partial charge in [-0.15, -0.1) is 0 Å². The van der Waals surface area contributed by atoms with Crippen molar-refractivity contribution >= 4 is 11.9 Å². The van der Waals surface area contributed by atoms with E-state index in [1.165, 1.54) is 17.5 Å². The number of benzene rings is 1. The van der Waals surface area contributed by atoms with Crippen LogP contribution in [0, 0.1) is 17.3 Å². The highest BCUT2D eigenvalue weighted by atomic mass is 16.5. The number of rotatable bonds is 4. The summed E-state index contributed by atoms with van der Waals surface area (Å²) < 4.78 is 7.47. The molecule has 0 unspecified atom stereocenters. The standard InChI is InChI=1S/C26H32N2O2/c1-4-13-28-19(10-12-27-28)14-18-16-24-23-7-5-17-15-20(30-3)6-8-21(17)22(23)9-11-26(24,2)25(18)29/h6,8,10,12,14-15,22-24H,4-5,7,9,11,13,16H2,1-3H3/b18-14+/t22-,23-,24-,26-/m1/s1. The molecule has 0 N–H and O–H groups in total. The molecule has 0 bridgehead atoms. The zero-order chi connectivity index (χ0) is 20.9. The molecular formula is C26H32N2O2. The number of allylic oxidation sites excluding steroid dienone is 1. The van der Waals surface area contributed by atoms with E-state index in [-0.39, 0.29) is 5.41 Å². The molecule has 1 aromatic carbocycles. The molecule has 3 aliphatic rings. The van der Waals surface area contributed by atoms with Crippen LogP contribution in [0.3, 0.4) is 0 Å². The number of hydrogen-bond acceptors (Lipinski definition) is 3. The van der Waals surface area contributed by atoms with Crippen LogP contribution in [0.5, 0.6) is 5.75 Å². The average molecular weight is 405 g/mol. The second-order valence-corrected chi connectivity index (χ2v) is 9.62. The van der Waals surface area contributed by atoms with Crippen molar-refractivity contribution in [1.82, 2.24) is 9.78 Å². The predicted octanol–water partition coefficient (Wildman–Crippen LogP) is 5.42. The van der Waals surface area contributed by atoms with Crippen molar-refractivity contribution in [3.8, 4) is 5.75 Å². The Morgan fingerprint density at radius 1 is 1.30 bits per heavy atom. The highest BCUT2D eigenvalue weighted by molar-refractivity contribution is 6.05. The molecule has 2 saturated carbocycles. The summed E-state index contributed by atoms with van der Waals surface area (Å²) in [6.45, 7) is 5.29. The lowest BCUT2D eigenvalue weighted by atomic mass is 9.55. The van der Waals surface area contributed by atoms with E-state index in [4.69, 9.17) is 4.74 Å². The van der Waals surface area contributed by atoms with Gasteiger partial charge in [-0.3, -0.25) is 9.48 Å². The number of carbonyl (C=O) groups excluding carboxylic acids is 1. The first-order valence-corrected chi connectivity index (χ1v) is 11.5. The first-order valence-electron chi connectivity index (χ1n) is 11.5. The van der Waals surface area contributed by atoms with Crippen molar-refractivity contribution in [2.45, 2.75) is 64.8 Å². The van der Waals surface area contributed by atoms with Crippen LogP contribution in [-0.2, 0) is 17.8 Å². The van der Waals surface area contributed by atoms with Crippen LogP contribution in [0.1, 0.15) is 68.7 Å². The van der Waals surface area contributed by atoms with E-state index >= 15 is 0 Å². The molecule has 1 heterocycles. The number of hydrogen-bond donors (Lipinski definition) is 0. The van der Waals surface area contributed by atoms with Gasteiger partial charge in [0.15, 0.2) is 5.78 Å². The van der Waals surface area contributed by atoms with E-state index in [9.17, 15) is 4.79 Å². The lowest BCUT2D eigenvalue weighted by Crippen LogP contribution is -2.42. The number of nitrogens with zero attached hydrogens (tertiary/aromatic N) is 2. The maximum absolute atomic E-state index is 13.5. The molecule has 2 fully saturated rings. The summed E-state index contributed by atoms with van der Waals surface area (Å²) in [5, 5.41) is 4.44. The molecule has 0 spiro atoms. The number of Topliss-reactive ketones (excluding diaryl/α,β-unsaturated/α-hetero) is 1. The van der Waals surface area contributed by atoms with Gasteiger partial charge >= 0.3 is 0 Å². The molecule has 4 atom stereocenters. The van der Waals surface area contributed by atoms with Gasteiger partial charge in [0, 0.05) is 18.2 Å². The van der Waals surface area contributed by atoms with Crippen molar-refractivity contribution in [2.75, 3.05) is 7.11 Å². The highest BCUT2D eigenvalue weighted by Crippen LogP contribution is 2.60. The normalized spacial score (nSPS) is 31.4. The third-order valence-electron chi connectivity index (χ3n) is 8.08. The summed E-state index contributed by atoms with van der Waals surface area (Å²) >= 11 is 0. The van der Waals surface area contributed by atoms with Crippen LogP contribution in [0.4, 0.5) is 0 Å². The fraction of sp³-hybridized carbons (Fsp3) is 0.538. The smallest absolute Gasteiger partial charge is 0.165 e. The van der Waals surface area contributed by atoms with Crippen LogP contribution in [0.25, 0.3) is 6.08 Å². The topological polar surface area (TPSA) is 44.1 Å². The van der Waals surface area contributed by atoms with E-state index in [2.05, 4.69) is 43.2 Å². The van der Waals surface area contributed by atoms with E-state index in [1.807, 2.05) is 16.9 Å². The summed E-state index contributed by atoms with van der Waals surface area (Å²) in [7, 11) is 1.74. The summed E-state index contributed by atoms with van der Waals surface area (Å²) in [5.74, 6) is 2.97. The number of ketones is 1. The number of aryl methyl sites for hydroxylation is 2. The van der Waals surface area contributed by atoms with E-state index in [1.54, 1.807) is 7.11 Å². The summed E-state index contributed by atoms with van der Waals surface area (Å²) in [5.41, 5.74) is 4.83. The zero-order valence-electron chi connectivity index (χ0n) is 18.4. The number of carbonyl (C=O) groups is 1. The molecule has 0 radical (unpaired) electrons. The van der Waals surface area contributed by atoms with Gasteiger partial charge in [-0.1, -0.05) is 19.9 Å². The van der Waals surface area contributed by atoms with Crippen LogP contribution in [0.2, 0.25) is 0 Å². The van der Waals surface area contributed by atoms with Gasteiger partial charge in [-0.2, -0.15) is 5.10 Å². The average Bonchev–Trinajstić information content (AvgIpc) is 3.30. The molecule has 4 heteroatoms. The van der Waals surface area contributed by atoms with E-state index < -0.39 is 0 Å². The van der Waals surface area contributed by atoms with E-state index in [0.717, 1.165) is 55.7 Å². The molecule has 5 rings (SSSR count). The van der Waals surface area contributed by atoms with Gasteiger partial charge in [-0.25, -0.2) is 0 Å². The minimum absolute atomic E-state index is 0.202. The second-order valence-electron chi connectivity index (χ2n) is 9.62. The Morgan fingerprint density at radius 3 is 2.97 bits per heavy atom. The molecule has 0 amide bonds. The Bertz CT molecular complexity index is 1000. The fourth-order valence-corrected chi connectivity index (χ4v) is 6.53. The molecule has 4 nitrogen and oxygen atoms in total. The Balaban J connectivity index is 1.46. The summed E-state index contributed by atoms with van der Waals surface area (Å²) in [6.07, 6.45) is 10.3. The third kappa shape index (κ3) is 2.95. The zero-order valence-corrected chi connectivity index (χ0v) is 18.4. The molecule has 2 aromatic rings. The molecule has 3 aliphatic carbocycles. The van der Waals surface area contributed by atoms with Gasteiger partial charge in [0.2, 0.25) is 0 Å². The summed E-state index contributed by atoms with van der Waals surface area (Å²) in [4.78, 5) is 13.5. The van der Waals surface area contributed by atoms with Gasteiger partial charge < -0.3 is 4.74 Å². The number of aromatic nitrogens is 2. The number of ether oxygens (including phenoxy) is 1. The van der Waals surface area contributed by atoms with Crippen LogP contribution in [0.15, 0.2) is 36.0 Å². The SMILES string of the molecule is CCCn1nccc1/C=C1\C[C@@H]2[C@@H]3CCc4cc(OC)ccc4[C@H]3CC[C@@]2(C)C1=O. The quantitative estimate of drug-likeness (QED) is 0.639. The van der Waals surface area contributed by atoms with Crippen LogP contribution in [-0.4, -0.2) is 22.7 Å². The maximum atomic E-state index is 13.5. The minimum atomic E-state index is -0.202. The fourth-order valence-electron chi connectivity index (χ4n) is 6.53. The molecule has 1 aromatic heterocycles.